The first-order valence-corrected chi connectivity index (χ1v) is 14.0. The lowest BCUT2D eigenvalue weighted by molar-refractivity contribution is 0.0827. The van der Waals surface area contributed by atoms with Gasteiger partial charge < -0.3 is 15.5 Å². The summed E-state index contributed by atoms with van der Waals surface area (Å²) < 4.78 is 0. The van der Waals surface area contributed by atoms with Crippen molar-refractivity contribution >= 4 is 22.9 Å². The normalized spacial score (nSPS) is 14.8. The summed E-state index contributed by atoms with van der Waals surface area (Å²) in [5.41, 5.74) is 15.7. The smallest absolute Gasteiger partial charge is 0.253 e. The van der Waals surface area contributed by atoms with E-state index in [9.17, 15) is 4.79 Å². The predicted molar refractivity (Wildman–Crippen MR) is 170 cm³/mol. The molecule has 0 unspecified atom stereocenters. The zero-order valence-corrected chi connectivity index (χ0v) is 26.2. The number of aryl methyl sites for hydroxylation is 2. The molecule has 7 heteroatoms. The maximum absolute atomic E-state index is 12.4. The lowest BCUT2D eigenvalue weighted by Crippen LogP contribution is -2.30. The Kier molecular flexibility index (Phi) is 12.3. The molecule has 216 valence electrons. The molecular weight excluding hydrogens is 496 g/mol. The maximum atomic E-state index is 12.4. The van der Waals surface area contributed by atoms with E-state index in [0.29, 0.717) is 5.82 Å². The van der Waals surface area contributed by atoms with Gasteiger partial charge in [0.15, 0.2) is 0 Å². The number of nitrogens with two attached hydrogens (primary N) is 1. The van der Waals surface area contributed by atoms with Crippen molar-refractivity contribution in [1.82, 2.24) is 24.9 Å². The van der Waals surface area contributed by atoms with Gasteiger partial charge in [0.05, 0.1) is 5.69 Å². The van der Waals surface area contributed by atoms with Gasteiger partial charge in [-0.25, -0.2) is 0 Å². The van der Waals surface area contributed by atoms with E-state index in [1.54, 1.807) is 25.1 Å². The minimum absolute atomic E-state index is 0.0435. The van der Waals surface area contributed by atoms with Crippen LogP contribution >= 0.6 is 0 Å². The molecule has 40 heavy (non-hydrogen) atoms. The Morgan fingerprint density at radius 3 is 2.20 bits per heavy atom. The molecule has 1 aromatic heterocycles. The largest absolute Gasteiger partial charge is 0.383 e. The molecule has 2 aromatic rings. The predicted octanol–water partition coefficient (Wildman–Crippen LogP) is 5.99. The van der Waals surface area contributed by atoms with Crippen LogP contribution in [0.2, 0.25) is 0 Å². The van der Waals surface area contributed by atoms with E-state index in [1.807, 2.05) is 57.2 Å². The summed E-state index contributed by atoms with van der Waals surface area (Å²) in [6.07, 6.45) is 9.66. The van der Waals surface area contributed by atoms with Crippen LogP contribution in [0.4, 0.5) is 5.82 Å². The molecule has 0 atom stereocenters. The van der Waals surface area contributed by atoms with E-state index in [4.69, 9.17) is 5.73 Å². The Labute approximate surface area is 241 Å². The van der Waals surface area contributed by atoms with Crippen molar-refractivity contribution in [2.75, 3.05) is 53.6 Å². The molecule has 1 aliphatic heterocycles. The Morgan fingerprint density at radius 1 is 1.05 bits per heavy atom. The average Bonchev–Trinajstić information content (AvgIpc) is 2.90. The lowest BCUT2D eigenvalue weighted by Gasteiger charge is -2.28. The second kappa shape index (κ2) is 15.2. The first-order valence-electron chi connectivity index (χ1n) is 14.0. The number of nitrogen functional groups attached to an aromatic ring is 1. The molecule has 1 amide bonds. The van der Waals surface area contributed by atoms with E-state index in [-0.39, 0.29) is 5.91 Å². The number of amides is 1. The molecule has 3 rings (SSSR count). The Balaban J connectivity index is 0.00000274. The number of aromatic nitrogens is 2. The van der Waals surface area contributed by atoms with Crippen molar-refractivity contribution in [2.45, 2.75) is 48.0 Å². The van der Waals surface area contributed by atoms with E-state index < -0.39 is 0 Å². The van der Waals surface area contributed by atoms with Gasteiger partial charge in [-0.3, -0.25) is 9.69 Å². The van der Waals surface area contributed by atoms with Crippen molar-refractivity contribution in [2.24, 2.45) is 0 Å². The van der Waals surface area contributed by atoms with Crippen LogP contribution in [0.5, 0.6) is 0 Å². The Morgan fingerprint density at radius 2 is 1.70 bits per heavy atom. The third-order valence-electron chi connectivity index (χ3n) is 6.66. The monoisotopic (exact) mass is 544 g/mol. The zero-order chi connectivity index (χ0) is 30.0. The molecule has 0 aliphatic carbocycles. The van der Waals surface area contributed by atoms with Gasteiger partial charge >= 0.3 is 0 Å². The quantitative estimate of drug-likeness (QED) is 0.412. The van der Waals surface area contributed by atoms with Crippen LogP contribution in [0.3, 0.4) is 0 Å². The van der Waals surface area contributed by atoms with E-state index in [2.05, 4.69) is 61.0 Å². The second-order valence-corrected chi connectivity index (χ2v) is 10.6. The Hall–Kier alpha value is -3.71. The van der Waals surface area contributed by atoms with Crippen molar-refractivity contribution in [1.29, 1.82) is 0 Å². The minimum Gasteiger partial charge on any atom is -0.383 e. The molecule has 0 bridgehead atoms. The van der Waals surface area contributed by atoms with Crippen molar-refractivity contribution in [3.05, 3.63) is 87.8 Å². The van der Waals surface area contributed by atoms with Crippen molar-refractivity contribution in [3.63, 3.8) is 0 Å². The number of carbonyl (C=O) groups is 1. The highest BCUT2D eigenvalue weighted by atomic mass is 16.2. The van der Waals surface area contributed by atoms with Crippen LogP contribution in [0.15, 0.2) is 59.8 Å². The van der Waals surface area contributed by atoms with Gasteiger partial charge in [0.2, 0.25) is 0 Å². The SMILES string of the molecule is CC.CC(/C=C(\C)CN1CC=C(c2c(C)cc(C(=O)N(C)C)cc2C)CC1)=C(\C=C/N(C)C)c1ccc(N)nn1. The summed E-state index contributed by atoms with van der Waals surface area (Å²) in [5, 5.41) is 8.34. The summed E-state index contributed by atoms with van der Waals surface area (Å²) in [6.45, 7) is 15.3. The highest BCUT2D eigenvalue weighted by Crippen LogP contribution is 2.30. The van der Waals surface area contributed by atoms with Gasteiger partial charge in [0, 0.05) is 59.0 Å². The fourth-order valence-electron chi connectivity index (χ4n) is 4.91. The number of rotatable bonds is 8. The van der Waals surface area contributed by atoms with Crippen LogP contribution in [0.25, 0.3) is 11.1 Å². The molecule has 0 spiro atoms. The van der Waals surface area contributed by atoms with E-state index in [1.165, 1.54) is 16.7 Å². The topological polar surface area (TPSA) is 78.6 Å². The third kappa shape index (κ3) is 8.91. The molecule has 7 nitrogen and oxygen atoms in total. The molecule has 0 fully saturated rings. The van der Waals surface area contributed by atoms with Gasteiger partial charge in [-0.15, -0.1) is 10.2 Å². The van der Waals surface area contributed by atoms with Gasteiger partial charge in [-0.2, -0.15) is 0 Å². The van der Waals surface area contributed by atoms with Crippen LogP contribution < -0.4 is 5.73 Å². The zero-order valence-electron chi connectivity index (χ0n) is 26.2. The number of hydrogen-bond acceptors (Lipinski definition) is 6. The number of nitrogens with zero attached hydrogens (tertiary/aromatic N) is 5. The third-order valence-corrected chi connectivity index (χ3v) is 6.66. The molecular formula is C33H48N6O. The van der Waals surface area contributed by atoms with E-state index in [0.717, 1.165) is 59.6 Å². The second-order valence-electron chi connectivity index (χ2n) is 10.6. The van der Waals surface area contributed by atoms with Crippen LogP contribution in [0.1, 0.15) is 66.9 Å². The molecule has 0 radical (unpaired) electrons. The fourth-order valence-corrected chi connectivity index (χ4v) is 4.91. The highest BCUT2D eigenvalue weighted by Gasteiger charge is 2.18. The van der Waals surface area contributed by atoms with Crippen LogP contribution in [-0.4, -0.2) is 78.6 Å². The minimum atomic E-state index is 0.0435. The highest BCUT2D eigenvalue weighted by molar-refractivity contribution is 5.95. The molecule has 1 aliphatic rings. The number of allylic oxidation sites excluding steroid dienone is 4. The summed E-state index contributed by atoms with van der Waals surface area (Å²) in [5.74, 6) is 0.455. The first-order chi connectivity index (χ1) is 19.0. The van der Waals surface area contributed by atoms with Gasteiger partial charge in [0.25, 0.3) is 5.91 Å². The molecule has 0 saturated heterocycles. The van der Waals surface area contributed by atoms with E-state index >= 15 is 0 Å². The standard InChI is InChI=1S/C31H42N6O.C2H6/c1-21(17-22(2)27(13-14-35(5)6)28-9-10-29(32)34-33-28)20-37-15-11-25(12-16-37)30-23(3)18-26(19-24(30)4)31(38)36(7)8;1-2/h9-11,13-14,17-19H,12,15-16,20H2,1-8H3,(H2,32,34);1-2H3/b14-13-,21-17+,27-22-;. The van der Waals surface area contributed by atoms with Crippen molar-refractivity contribution in [3.8, 4) is 0 Å². The van der Waals surface area contributed by atoms with Crippen LogP contribution in [-0.2, 0) is 0 Å². The fraction of sp³-hybridized carbons (Fsp3) is 0.424. The van der Waals surface area contributed by atoms with Gasteiger partial charge in [0.1, 0.15) is 5.82 Å². The van der Waals surface area contributed by atoms with Crippen LogP contribution in [0, 0.1) is 13.8 Å². The lowest BCUT2D eigenvalue weighted by atomic mass is 9.90. The number of benzene rings is 1. The molecule has 1 aromatic carbocycles. The van der Waals surface area contributed by atoms with Gasteiger partial charge in [-0.05, 0) is 98.5 Å². The summed E-state index contributed by atoms with van der Waals surface area (Å²) >= 11 is 0. The summed E-state index contributed by atoms with van der Waals surface area (Å²) in [7, 11) is 7.58. The van der Waals surface area contributed by atoms with Gasteiger partial charge in [-0.1, -0.05) is 31.6 Å². The van der Waals surface area contributed by atoms with Crippen molar-refractivity contribution < 1.29 is 4.79 Å². The number of carbonyl (C=O) groups excluding carboxylic acids is 1. The summed E-state index contributed by atoms with van der Waals surface area (Å²) in [6, 6.07) is 7.74. The molecule has 0 saturated carbocycles. The molecule has 2 heterocycles. The first kappa shape index (κ1) is 32.5. The average molecular weight is 545 g/mol. The Bertz CT molecular complexity index is 1260. The maximum Gasteiger partial charge on any atom is 0.253 e. The number of anilines is 1. The summed E-state index contributed by atoms with van der Waals surface area (Å²) in [4.78, 5) is 18.5. The molecule has 2 N–H and O–H groups in total. The number of hydrogen-bond donors (Lipinski definition) is 1.